The largest absolute Gasteiger partial charge is 0.496 e. The number of nitrogens with two attached hydrogens (primary N) is 1. The fourth-order valence-electron chi connectivity index (χ4n) is 2.48. The van der Waals surface area contributed by atoms with Gasteiger partial charge in [0.2, 0.25) is 5.91 Å². The monoisotopic (exact) mass is 293 g/mol. The smallest absolute Gasteiger partial charge is 0.234 e. The van der Waals surface area contributed by atoms with E-state index in [9.17, 15) is 4.79 Å². The van der Waals surface area contributed by atoms with Crippen LogP contribution in [0.25, 0.3) is 0 Å². The van der Waals surface area contributed by atoms with E-state index in [0.29, 0.717) is 13.1 Å². The van der Waals surface area contributed by atoms with Gasteiger partial charge in [-0.3, -0.25) is 9.69 Å². The number of hydrogen-bond acceptors (Lipinski definition) is 4. The van der Waals surface area contributed by atoms with Gasteiger partial charge >= 0.3 is 0 Å². The van der Waals surface area contributed by atoms with E-state index < -0.39 is 0 Å². The third-order valence-corrected chi connectivity index (χ3v) is 3.40. The lowest BCUT2D eigenvalue weighted by Crippen LogP contribution is -2.43. The number of nitrogens with one attached hydrogen (secondary N) is 1. The molecule has 118 valence electrons. The van der Waals surface area contributed by atoms with Crippen molar-refractivity contribution in [3.05, 3.63) is 29.8 Å². The summed E-state index contributed by atoms with van der Waals surface area (Å²) in [4.78, 5) is 13.9. The third kappa shape index (κ3) is 5.02. The molecule has 3 N–H and O–H groups in total. The zero-order chi connectivity index (χ0) is 15.8. The van der Waals surface area contributed by atoms with Gasteiger partial charge in [0.15, 0.2) is 0 Å². The Labute approximate surface area is 127 Å². The van der Waals surface area contributed by atoms with Crippen molar-refractivity contribution in [1.82, 2.24) is 10.2 Å². The molecule has 0 bridgehead atoms. The van der Waals surface area contributed by atoms with Crippen molar-refractivity contribution in [2.24, 2.45) is 5.73 Å². The molecule has 0 saturated heterocycles. The Morgan fingerprint density at radius 3 is 2.67 bits per heavy atom. The quantitative estimate of drug-likeness (QED) is 0.763. The van der Waals surface area contributed by atoms with Crippen LogP contribution in [0.2, 0.25) is 0 Å². The predicted molar refractivity (Wildman–Crippen MR) is 85.3 cm³/mol. The van der Waals surface area contributed by atoms with Gasteiger partial charge in [0.25, 0.3) is 0 Å². The number of ether oxygens (including phenoxy) is 1. The molecule has 0 aromatic heterocycles. The van der Waals surface area contributed by atoms with Crippen LogP contribution in [0.1, 0.15) is 31.9 Å². The summed E-state index contributed by atoms with van der Waals surface area (Å²) < 4.78 is 5.41. The van der Waals surface area contributed by atoms with Crippen LogP contribution in [0.3, 0.4) is 0 Å². The molecule has 1 aromatic rings. The average molecular weight is 293 g/mol. The lowest BCUT2D eigenvalue weighted by molar-refractivity contribution is -0.122. The third-order valence-electron chi connectivity index (χ3n) is 3.40. The number of rotatable bonds is 8. The number of hydrogen-bond donors (Lipinski definition) is 2. The summed E-state index contributed by atoms with van der Waals surface area (Å²) in [7, 11) is 3.55. The molecule has 0 aliphatic carbocycles. The minimum Gasteiger partial charge on any atom is -0.496 e. The molecule has 21 heavy (non-hydrogen) atoms. The first-order chi connectivity index (χ1) is 10.0. The molecule has 2 atom stereocenters. The molecule has 1 amide bonds. The van der Waals surface area contributed by atoms with Crippen molar-refractivity contribution in [2.75, 3.05) is 27.2 Å². The van der Waals surface area contributed by atoms with Gasteiger partial charge in [-0.2, -0.15) is 0 Å². The summed E-state index contributed by atoms with van der Waals surface area (Å²) in [5.74, 6) is 0.806. The SMILES string of the molecule is CCCNC(=O)CN(C)C(c1ccccc1OC)C(C)N. The van der Waals surface area contributed by atoms with Gasteiger partial charge < -0.3 is 15.8 Å². The first-order valence-electron chi connectivity index (χ1n) is 7.36. The molecule has 0 spiro atoms. The van der Waals surface area contributed by atoms with E-state index in [1.165, 1.54) is 0 Å². The molecule has 0 saturated carbocycles. The Morgan fingerprint density at radius 1 is 1.43 bits per heavy atom. The second kappa shape index (κ2) is 8.64. The van der Waals surface area contributed by atoms with Gasteiger partial charge in [-0.15, -0.1) is 0 Å². The lowest BCUT2D eigenvalue weighted by atomic mass is 9.98. The molecular formula is C16H27N3O2. The van der Waals surface area contributed by atoms with Crippen LogP contribution in [-0.4, -0.2) is 44.1 Å². The Kier molecular flexibility index (Phi) is 7.19. The molecule has 0 aliphatic rings. The molecule has 0 fully saturated rings. The topological polar surface area (TPSA) is 67.6 Å². The van der Waals surface area contributed by atoms with Crippen LogP contribution >= 0.6 is 0 Å². The molecule has 5 heteroatoms. The Morgan fingerprint density at radius 2 is 2.10 bits per heavy atom. The minimum atomic E-state index is -0.120. The molecule has 1 aromatic carbocycles. The number of para-hydroxylation sites is 1. The van der Waals surface area contributed by atoms with E-state index in [1.807, 2.05) is 50.1 Å². The van der Waals surface area contributed by atoms with Crippen molar-refractivity contribution in [1.29, 1.82) is 0 Å². The van der Waals surface area contributed by atoms with Crippen LogP contribution in [-0.2, 0) is 4.79 Å². The number of benzene rings is 1. The molecule has 1 rings (SSSR count). The maximum atomic E-state index is 11.9. The van der Waals surface area contributed by atoms with Crippen molar-refractivity contribution >= 4 is 5.91 Å². The highest BCUT2D eigenvalue weighted by Crippen LogP contribution is 2.30. The first kappa shape index (κ1) is 17.5. The number of methoxy groups -OCH3 is 1. The highest BCUT2D eigenvalue weighted by Gasteiger charge is 2.25. The number of nitrogens with zero attached hydrogens (tertiary/aromatic N) is 1. The lowest BCUT2D eigenvalue weighted by Gasteiger charge is -2.31. The zero-order valence-electron chi connectivity index (χ0n) is 13.4. The second-order valence-corrected chi connectivity index (χ2v) is 5.31. The van der Waals surface area contributed by atoms with Crippen LogP contribution in [0.4, 0.5) is 0 Å². The summed E-state index contributed by atoms with van der Waals surface area (Å²) in [5.41, 5.74) is 7.14. The van der Waals surface area contributed by atoms with E-state index >= 15 is 0 Å². The molecule has 2 unspecified atom stereocenters. The Bertz CT molecular complexity index is 449. The first-order valence-corrected chi connectivity index (χ1v) is 7.36. The molecular weight excluding hydrogens is 266 g/mol. The minimum absolute atomic E-state index is 0.0138. The van der Waals surface area contributed by atoms with Crippen LogP contribution in [0.5, 0.6) is 5.75 Å². The summed E-state index contributed by atoms with van der Waals surface area (Å²) >= 11 is 0. The van der Waals surface area contributed by atoms with E-state index in [1.54, 1.807) is 7.11 Å². The fourth-order valence-corrected chi connectivity index (χ4v) is 2.48. The second-order valence-electron chi connectivity index (χ2n) is 5.31. The van der Waals surface area contributed by atoms with E-state index in [4.69, 9.17) is 10.5 Å². The Balaban J connectivity index is 2.88. The fraction of sp³-hybridized carbons (Fsp3) is 0.562. The number of carbonyl (C=O) groups is 1. The van der Waals surface area contributed by atoms with Crippen molar-refractivity contribution in [3.8, 4) is 5.75 Å². The van der Waals surface area contributed by atoms with Gasteiger partial charge in [0.05, 0.1) is 19.7 Å². The van der Waals surface area contributed by atoms with E-state index in [0.717, 1.165) is 17.7 Å². The number of carbonyl (C=O) groups excluding carboxylic acids is 1. The maximum Gasteiger partial charge on any atom is 0.234 e. The Hall–Kier alpha value is -1.59. The molecule has 0 heterocycles. The molecule has 0 radical (unpaired) electrons. The van der Waals surface area contributed by atoms with Crippen LogP contribution in [0.15, 0.2) is 24.3 Å². The normalized spacial score (nSPS) is 13.8. The van der Waals surface area contributed by atoms with Crippen molar-refractivity contribution in [2.45, 2.75) is 32.4 Å². The predicted octanol–water partition coefficient (Wildman–Crippen LogP) is 1.54. The number of amides is 1. The highest BCUT2D eigenvalue weighted by atomic mass is 16.5. The van der Waals surface area contributed by atoms with Gasteiger partial charge in [-0.1, -0.05) is 25.1 Å². The molecule has 5 nitrogen and oxygen atoms in total. The average Bonchev–Trinajstić information content (AvgIpc) is 2.45. The van der Waals surface area contributed by atoms with Crippen LogP contribution in [0, 0.1) is 0 Å². The maximum absolute atomic E-state index is 11.9. The summed E-state index contributed by atoms with van der Waals surface area (Å²) in [6.45, 7) is 4.98. The van der Waals surface area contributed by atoms with Crippen molar-refractivity contribution < 1.29 is 9.53 Å². The zero-order valence-corrected chi connectivity index (χ0v) is 13.4. The summed E-state index contributed by atoms with van der Waals surface area (Å²) in [6.07, 6.45) is 0.929. The van der Waals surface area contributed by atoms with Gasteiger partial charge in [-0.25, -0.2) is 0 Å². The van der Waals surface area contributed by atoms with Gasteiger partial charge in [-0.05, 0) is 26.5 Å². The van der Waals surface area contributed by atoms with Crippen molar-refractivity contribution in [3.63, 3.8) is 0 Å². The number of likely N-dealkylation sites (N-methyl/N-ethyl adjacent to an activating group) is 1. The van der Waals surface area contributed by atoms with Gasteiger partial charge in [0.1, 0.15) is 5.75 Å². The summed E-state index contributed by atoms with van der Waals surface area (Å²) in [5, 5.41) is 2.88. The van der Waals surface area contributed by atoms with E-state index in [-0.39, 0.29) is 18.0 Å². The highest BCUT2D eigenvalue weighted by molar-refractivity contribution is 5.78. The van der Waals surface area contributed by atoms with Gasteiger partial charge in [0, 0.05) is 18.2 Å². The standard InChI is InChI=1S/C16H27N3O2/c1-5-10-18-15(20)11-19(3)16(12(2)17)13-8-6-7-9-14(13)21-4/h6-9,12,16H,5,10-11,17H2,1-4H3,(H,18,20). The van der Waals surface area contributed by atoms with E-state index in [2.05, 4.69) is 5.32 Å². The summed E-state index contributed by atoms with van der Waals surface area (Å²) in [6, 6.07) is 7.59. The van der Waals surface area contributed by atoms with Crippen LogP contribution < -0.4 is 15.8 Å². The molecule has 0 aliphatic heterocycles.